The molecular weight excluding hydrogens is 248 g/mol. The van der Waals surface area contributed by atoms with Gasteiger partial charge in [0.05, 0.1) is 18.2 Å². The number of hydrogen-bond donors (Lipinski definition) is 0. The first-order valence-corrected chi connectivity index (χ1v) is 6.44. The summed E-state index contributed by atoms with van der Waals surface area (Å²) in [6.07, 6.45) is 7.31. The molecule has 0 aliphatic carbocycles. The Labute approximate surface area is 112 Å². The van der Waals surface area contributed by atoms with Gasteiger partial charge < -0.3 is 4.74 Å². The van der Waals surface area contributed by atoms with Crippen LogP contribution in [0.5, 0.6) is 5.75 Å². The maximum Gasteiger partial charge on any atom is 0.122 e. The molecule has 94 valence electrons. The van der Waals surface area contributed by atoms with Gasteiger partial charge in [-0.25, -0.2) is 0 Å². The van der Waals surface area contributed by atoms with Gasteiger partial charge in [0.2, 0.25) is 0 Å². The number of alkyl halides is 1. The highest BCUT2D eigenvalue weighted by molar-refractivity contribution is 6.16. The number of nitrogens with zero attached hydrogens (tertiary/aromatic N) is 2. The molecule has 18 heavy (non-hydrogen) atoms. The van der Waals surface area contributed by atoms with Crippen molar-refractivity contribution in [3.05, 3.63) is 54.1 Å². The molecule has 0 saturated heterocycles. The van der Waals surface area contributed by atoms with Gasteiger partial charge in [0.25, 0.3) is 0 Å². The summed E-state index contributed by atoms with van der Waals surface area (Å²) in [6.45, 7) is 0.689. The summed E-state index contributed by atoms with van der Waals surface area (Å²) in [5, 5.41) is 0. The summed E-state index contributed by atoms with van der Waals surface area (Å²) in [5.41, 5.74) is 2.12. The van der Waals surface area contributed by atoms with Crippen LogP contribution in [0.15, 0.2) is 42.9 Å². The number of aromatic nitrogens is 2. The van der Waals surface area contributed by atoms with E-state index in [1.807, 2.05) is 36.7 Å². The molecular formula is C14H15ClN2O. The van der Waals surface area contributed by atoms with E-state index in [4.69, 9.17) is 16.3 Å². The summed E-state index contributed by atoms with van der Waals surface area (Å²) < 4.78 is 5.66. The molecule has 0 aliphatic rings. The van der Waals surface area contributed by atoms with Crippen LogP contribution in [0.1, 0.15) is 17.7 Å². The average molecular weight is 263 g/mol. The van der Waals surface area contributed by atoms with Crippen molar-refractivity contribution >= 4 is 11.6 Å². The Morgan fingerprint density at radius 2 is 1.94 bits per heavy atom. The van der Waals surface area contributed by atoms with Crippen molar-refractivity contribution in [2.75, 3.05) is 6.61 Å². The van der Waals surface area contributed by atoms with E-state index in [2.05, 4.69) is 9.97 Å². The topological polar surface area (TPSA) is 35.0 Å². The van der Waals surface area contributed by atoms with E-state index in [0.29, 0.717) is 12.5 Å². The Kier molecular flexibility index (Phi) is 4.97. The van der Waals surface area contributed by atoms with Crippen molar-refractivity contribution < 1.29 is 4.74 Å². The molecule has 2 aromatic heterocycles. The van der Waals surface area contributed by atoms with Crippen molar-refractivity contribution in [1.82, 2.24) is 9.97 Å². The molecule has 2 rings (SSSR count). The fourth-order valence-corrected chi connectivity index (χ4v) is 1.78. The van der Waals surface area contributed by atoms with E-state index in [1.54, 1.807) is 6.20 Å². The van der Waals surface area contributed by atoms with Gasteiger partial charge in [-0.2, -0.15) is 0 Å². The zero-order chi connectivity index (χ0) is 12.6. The molecule has 0 spiro atoms. The smallest absolute Gasteiger partial charge is 0.122 e. The van der Waals surface area contributed by atoms with Crippen LogP contribution < -0.4 is 4.74 Å². The predicted molar refractivity (Wildman–Crippen MR) is 71.8 cm³/mol. The van der Waals surface area contributed by atoms with Crippen LogP contribution in [0, 0.1) is 0 Å². The zero-order valence-corrected chi connectivity index (χ0v) is 10.8. The van der Waals surface area contributed by atoms with Gasteiger partial charge in [0, 0.05) is 24.7 Å². The second kappa shape index (κ2) is 6.97. The van der Waals surface area contributed by atoms with Crippen molar-refractivity contribution in [3.8, 4) is 5.75 Å². The fraction of sp³-hybridized carbons (Fsp3) is 0.286. The van der Waals surface area contributed by atoms with Gasteiger partial charge in [-0.15, -0.1) is 11.6 Å². The molecule has 2 heterocycles. The first-order chi connectivity index (χ1) is 8.88. The Bertz CT molecular complexity index is 476. The second-order valence-electron chi connectivity index (χ2n) is 3.92. The lowest BCUT2D eigenvalue weighted by Crippen LogP contribution is -2.00. The monoisotopic (exact) mass is 262 g/mol. The number of rotatable bonds is 6. The SMILES string of the molecule is ClCc1cc(OCCCc2ccncc2)ccn1. The Balaban J connectivity index is 1.75. The molecule has 0 unspecified atom stereocenters. The minimum absolute atomic E-state index is 0.411. The van der Waals surface area contributed by atoms with Crippen molar-refractivity contribution in [3.63, 3.8) is 0 Å². The summed E-state index contributed by atoms with van der Waals surface area (Å²) in [6, 6.07) is 7.78. The average Bonchev–Trinajstić information content (AvgIpc) is 2.45. The number of hydrogen-bond acceptors (Lipinski definition) is 3. The summed E-state index contributed by atoms with van der Waals surface area (Å²) >= 11 is 5.72. The standard InChI is InChI=1S/C14H15ClN2O/c15-11-13-10-14(5-8-17-13)18-9-1-2-12-3-6-16-7-4-12/h3-8,10H,1-2,9,11H2. The highest BCUT2D eigenvalue weighted by Crippen LogP contribution is 2.13. The molecule has 0 atom stereocenters. The lowest BCUT2D eigenvalue weighted by molar-refractivity contribution is 0.310. The normalized spacial score (nSPS) is 10.3. The largest absolute Gasteiger partial charge is 0.493 e. The molecule has 0 aromatic carbocycles. The third-order valence-corrected chi connectivity index (χ3v) is 2.83. The van der Waals surface area contributed by atoms with E-state index in [9.17, 15) is 0 Å². The van der Waals surface area contributed by atoms with Gasteiger partial charge in [0.1, 0.15) is 5.75 Å². The van der Waals surface area contributed by atoms with E-state index < -0.39 is 0 Å². The van der Waals surface area contributed by atoms with E-state index in [-0.39, 0.29) is 0 Å². The second-order valence-corrected chi connectivity index (χ2v) is 4.19. The van der Waals surface area contributed by atoms with Crippen LogP contribution >= 0.6 is 11.6 Å². The molecule has 0 saturated carbocycles. The van der Waals surface area contributed by atoms with Gasteiger partial charge in [-0.05, 0) is 36.6 Å². The minimum atomic E-state index is 0.411. The molecule has 0 radical (unpaired) electrons. The van der Waals surface area contributed by atoms with Gasteiger partial charge in [-0.3, -0.25) is 9.97 Å². The first kappa shape index (κ1) is 12.8. The van der Waals surface area contributed by atoms with Crippen LogP contribution in [0.2, 0.25) is 0 Å². The molecule has 0 amide bonds. The third-order valence-electron chi connectivity index (χ3n) is 2.55. The van der Waals surface area contributed by atoms with Crippen LogP contribution in [0.25, 0.3) is 0 Å². The first-order valence-electron chi connectivity index (χ1n) is 5.91. The molecule has 0 N–H and O–H groups in total. The van der Waals surface area contributed by atoms with Crippen LogP contribution in [0.3, 0.4) is 0 Å². The number of pyridine rings is 2. The van der Waals surface area contributed by atoms with Crippen LogP contribution in [-0.4, -0.2) is 16.6 Å². The van der Waals surface area contributed by atoms with E-state index >= 15 is 0 Å². The van der Waals surface area contributed by atoms with Crippen LogP contribution in [-0.2, 0) is 12.3 Å². The Hall–Kier alpha value is -1.61. The van der Waals surface area contributed by atoms with Gasteiger partial charge in [0.15, 0.2) is 0 Å². The Morgan fingerprint density at radius 1 is 1.11 bits per heavy atom. The van der Waals surface area contributed by atoms with Crippen molar-refractivity contribution in [2.24, 2.45) is 0 Å². The number of ether oxygens (including phenoxy) is 1. The summed E-state index contributed by atoms with van der Waals surface area (Å²) in [7, 11) is 0. The minimum Gasteiger partial charge on any atom is -0.493 e. The predicted octanol–water partition coefficient (Wildman–Crippen LogP) is 3.23. The highest BCUT2D eigenvalue weighted by Gasteiger charge is 1.98. The molecule has 0 bridgehead atoms. The quantitative estimate of drug-likeness (QED) is 0.592. The number of halogens is 1. The van der Waals surface area contributed by atoms with E-state index in [0.717, 1.165) is 24.3 Å². The molecule has 2 aromatic rings. The van der Waals surface area contributed by atoms with Crippen molar-refractivity contribution in [2.45, 2.75) is 18.7 Å². The lowest BCUT2D eigenvalue weighted by atomic mass is 10.1. The van der Waals surface area contributed by atoms with Gasteiger partial charge in [-0.1, -0.05) is 0 Å². The van der Waals surface area contributed by atoms with E-state index in [1.165, 1.54) is 5.56 Å². The molecule has 4 heteroatoms. The van der Waals surface area contributed by atoms with Crippen molar-refractivity contribution in [1.29, 1.82) is 0 Å². The maximum atomic E-state index is 5.72. The molecule has 3 nitrogen and oxygen atoms in total. The maximum absolute atomic E-state index is 5.72. The molecule has 0 aliphatic heterocycles. The van der Waals surface area contributed by atoms with Gasteiger partial charge >= 0.3 is 0 Å². The molecule has 0 fully saturated rings. The van der Waals surface area contributed by atoms with Crippen LogP contribution in [0.4, 0.5) is 0 Å². The summed E-state index contributed by atoms with van der Waals surface area (Å²) in [5.74, 6) is 1.24. The third kappa shape index (κ3) is 4.00. The number of aryl methyl sites for hydroxylation is 1. The summed E-state index contributed by atoms with van der Waals surface area (Å²) in [4.78, 5) is 8.10. The lowest BCUT2D eigenvalue weighted by Gasteiger charge is -2.06. The highest BCUT2D eigenvalue weighted by atomic mass is 35.5. The Morgan fingerprint density at radius 3 is 2.72 bits per heavy atom. The fourth-order valence-electron chi connectivity index (χ4n) is 1.63. The zero-order valence-electron chi connectivity index (χ0n) is 10.1.